The molecule has 4 nitrogen and oxygen atoms in total. The third-order valence-corrected chi connectivity index (χ3v) is 2.69. The number of anilines is 1. The van der Waals surface area contributed by atoms with Gasteiger partial charge in [-0.3, -0.25) is 9.59 Å². The molecule has 0 heterocycles. The number of carbonyl (C=O) groups excluding carboxylic acids is 2. The second-order valence-corrected chi connectivity index (χ2v) is 4.11. The van der Waals surface area contributed by atoms with Crippen molar-refractivity contribution >= 4 is 17.5 Å². The number of primary amides is 1. The summed E-state index contributed by atoms with van der Waals surface area (Å²) in [6, 6.07) is 5.99. The van der Waals surface area contributed by atoms with Crippen LogP contribution in [0, 0.1) is 17.5 Å². The molecule has 0 atom stereocenters. The maximum absolute atomic E-state index is 13.9. The van der Waals surface area contributed by atoms with Crippen LogP contribution in [0.25, 0.3) is 0 Å². The van der Waals surface area contributed by atoms with Crippen LogP contribution in [0.1, 0.15) is 20.7 Å². The number of nitrogens with one attached hydrogen (secondary N) is 1. The summed E-state index contributed by atoms with van der Waals surface area (Å²) >= 11 is 0. The smallest absolute Gasteiger partial charge is 0.258 e. The molecule has 0 fully saturated rings. The Morgan fingerprint density at radius 1 is 1.00 bits per heavy atom. The minimum Gasteiger partial charge on any atom is -0.366 e. The molecule has 2 amide bonds. The summed E-state index contributed by atoms with van der Waals surface area (Å²) in [5.41, 5.74) is 3.77. The van der Waals surface area contributed by atoms with Crippen molar-refractivity contribution in [3.63, 3.8) is 0 Å². The van der Waals surface area contributed by atoms with Crippen molar-refractivity contribution in [2.45, 2.75) is 0 Å². The lowest BCUT2D eigenvalue weighted by Crippen LogP contribution is -2.18. The molecule has 0 unspecified atom stereocenters. The molecule has 2 rings (SSSR count). The number of hydrogen-bond acceptors (Lipinski definition) is 2. The highest BCUT2D eigenvalue weighted by Gasteiger charge is 2.17. The van der Waals surface area contributed by atoms with E-state index in [1.807, 2.05) is 0 Å². The fraction of sp³-hybridized carbons (Fsp3) is 0. The third kappa shape index (κ3) is 3.02. The lowest BCUT2D eigenvalue weighted by atomic mass is 10.1. The highest BCUT2D eigenvalue weighted by atomic mass is 19.1. The topological polar surface area (TPSA) is 72.2 Å². The SMILES string of the molecule is NC(=O)c1cccc(NC(=O)c2ccc(F)cc2F)c1F. The predicted molar refractivity (Wildman–Crippen MR) is 69.2 cm³/mol. The molecule has 0 aliphatic rings. The van der Waals surface area contributed by atoms with E-state index in [1.54, 1.807) is 0 Å². The average molecular weight is 294 g/mol. The van der Waals surface area contributed by atoms with Crippen LogP contribution in [0.15, 0.2) is 36.4 Å². The molecule has 2 aromatic carbocycles. The quantitative estimate of drug-likeness (QED) is 0.912. The highest BCUT2D eigenvalue weighted by molar-refractivity contribution is 6.05. The molecule has 3 N–H and O–H groups in total. The van der Waals surface area contributed by atoms with Gasteiger partial charge < -0.3 is 11.1 Å². The van der Waals surface area contributed by atoms with Crippen molar-refractivity contribution in [2.75, 3.05) is 5.32 Å². The number of rotatable bonds is 3. The van der Waals surface area contributed by atoms with Crippen molar-refractivity contribution in [3.05, 3.63) is 65.0 Å². The molecule has 0 aliphatic heterocycles. The predicted octanol–water partition coefficient (Wildman–Crippen LogP) is 2.46. The molecule has 0 saturated carbocycles. The first kappa shape index (κ1) is 14.6. The van der Waals surface area contributed by atoms with Crippen LogP contribution in [0.4, 0.5) is 18.9 Å². The monoisotopic (exact) mass is 294 g/mol. The summed E-state index contributed by atoms with van der Waals surface area (Å²) in [5.74, 6) is -4.93. The lowest BCUT2D eigenvalue weighted by molar-refractivity contribution is 0.0991. The van der Waals surface area contributed by atoms with Crippen molar-refractivity contribution in [3.8, 4) is 0 Å². The molecule has 21 heavy (non-hydrogen) atoms. The van der Waals surface area contributed by atoms with Crippen molar-refractivity contribution < 1.29 is 22.8 Å². The van der Waals surface area contributed by atoms with Gasteiger partial charge in [0.15, 0.2) is 5.82 Å². The van der Waals surface area contributed by atoms with E-state index in [0.717, 1.165) is 18.2 Å². The lowest BCUT2D eigenvalue weighted by Gasteiger charge is -2.09. The third-order valence-electron chi connectivity index (χ3n) is 2.69. The van der Waals surface area contributed by atoms with E-state index in [-0.39, 0.29) is 5.69 Å². The number of benzene rings is 2. The van der Waals surface area contributed by atoms with E-state index in [2.05, 4.69) is 5.32 Å². The van der Waals surface area contributed by atoms with Crippen LogP contribution < -0.4 is 11.1 Å². The molecule has 0 bridgehead atoms. The summed E-state index contributed by atoms with van der Waals surface area (Å²) < 4.78 is 40.1. The Balaban J connectivity index is 2.32. The van der Waals surface area contributed by atoms with E-state index in [0.29, 0.717) is 6.07 Å². The molecule has 0 radical (unpaired) electrons. The zero-order chi connectivity index (χ0) is 15.6. The Hall–Kier alpha value is -2.83. The molecular formula is C14H9F3N2O2. The Bertz CT molecular complexity index is 732. The standard InChI is InChI=1S/C14H9F3N2O2/c15-7-4-5-8(10(16)6-7)14(21)19-11-3-1-2-9(12(11)17)13(18)20/h1-6H,(H2,18,20)(H,19,21). The van der Waals surface area contributed by atoms with E-state index in [1.165, 1.54) is 12.1 Å². The minimum atomic E-state index is -1.08. The molecule has 0 aromatic heterocycles. The van der Waals surface area contributed by atoms with Gasteiger partial charge in [-0.25, -0.2) is 13.2 Å². The molecule has 0 saturated heterocycles. The van der Waals surface area contributed by atoms with Crippen LogP contribution in [0.3, 0.4) is 0 Å². The van der Waals surface area contributed by atoms with Gasteiger partial charge in [-0.15, -0.1) is 0 Å². The van der Waals surface area contributed by atoms with Gasteiger partial charge in [0, 0.05) is 6.07 Å². The first-order chi connectivity index (χ1) is 9.90. The van der Waals surface area contributed by atoms with Crippen LogP contribution in [-0.4, -0.2) is 11.8 Å². The van der Waals surface area contributed by atoms with Gasteiger partial charge >= 0.3 is 0 Å². The van der Waals surface area contributed by atoms with Crippen LogP contribution in [-0.2, 0) is 0 Å². The van der Waals surface area contributed by atoms with Crippen LogP contribution in [0.2, 0.25) is 0 Å². The molecule has 0 aliphatic carbocycles. The van der Waals surface area contributed by atoms with E-state index < -0.39 is 40.4 Å². The second kappa shape index (κ2) is 5.66. The normalized spacial score (nSPS) is 10.2. The molecule has 2 aromatic rings. The average Bonchev–Trinajstić information content (AvgIpc) is 2.40. The van der Waals surface area contributed by atoms with E-state index in [4.69, 9.17) is 5.73 Å². The Kier molecular flexibility index (Phi) is 3.93. The van der Waals surface area contributed by atoms with Gasteiger partial charge in [0.25, 0.3) is 11.8 Å². The van der Waals surface area contributed by atoms with Crippen LogP contribution in [0.5, 0.6) is 0 Å². The zero-order valence-corrected chi connectivity index (χ0v) is 10.5. The molecule has 0 spiro atoms. The van der Waals surface area contributed by atoms with E-state index in [9.17, 15) is 22.8 Å². The van der Waals surface area contributed by atoms with Gasteiger partial charge in [-0.1, -0.05) is 6.07 Å². The summed E-state index contributed by atoms with van der Waals surface area (Å²) in [7, 11) is 0. The number of hydrogen-bond donors (Lipinski definition) is 2. The summed E-state index contributed by atoms with van der Waals surface area (Å²) in [6.07, 6.45) is 0. The van der Waals surface area contributed by atoms with Gasteiger partial charge in [0.05, 0.1) is 16.8 Å². The van der Waals surface area contributed by atoms with Gasteiger partial charge in [0.1, 0.15) is 11.6 Å². The first-order valence-corrected chi connectivity index (χ1v) is 5.75. The van der Waals surface area contributed by atoms with Crippen molar-refractivity contribution in [2.24, 2.45) is 5.73 Å². The van der Waals surface area contributed by atoms with Crippen molar-refractivity contribution in [1.29, 1.82) is 0 Å². The fourth-order valence-corrected chi connectivity index (χ4v) is 1.68. The molecule has 7 heteroatoms. The van der Waals surface area contributed by atoms with Gasteiger partial charge in [-0.05, 0) is 24.3 Å². The summed E-state index contributed by atoms with van der Waals surface area (Å²) in [5, 5.41) is 2.10. The largest absolute Gasteiger partial charge is 0.366 e. The molecular weight excluding hydrogens is 285 g/mol. The zero-order valence-electron chi connectivity index (χ0n) is 10.5. The second-order valence-electron chi connectivity index (χ2n) is 4.11. The number of halogens is 3. The van der Waals surface area contributed by atoms with Gasteiger partial charge in [-0.2, -0.15) is 0 Å². The number of nitrogens with two attached hydrogens (primary N) is 1. The molecule has 108 valence electrons. The maximum atomic E-state index is 13.9. The Labute approximate surface area is 117 Å². The number of carbonyl (C=O) groups is 2. The summed E-state index contributed by atoms with van der Waals surface area (Å²) in [4.78, 5) is 22.8. The van der Waals surface area contributed by atoms with Crippen LogP contribution >= 0.6 is 0 Å². The minimum absolute atomic E-state index is 0.333. The maximum Gasteiger partial charge on any atom is 0.258 e. The van der Waals surface area contributed by atoms with E-state index >= 15 is 0 Å². The summed E-state index contributed by atoms with van der Waals surface area (Å²) in [6.45, 7) is 0. The Morgan fingerprint density at radius 3 is 2.33 bits per heavy atom. The fourth-order valence-electron chi connectivity index (χ4n) is 1.68. The first-order valence-electron chi connectivity index (χ1n) is 5.75. The number of amides is 2. The Morgan fingerprint density at radius 2 is 1.71 bits per heavy atom. The van der Waals surface area contributed by atoms with Gasteiger partial charge in [0.2, 0.25) is 0 Å². The van der Waals surface area contributed by atoms with Crippen molar-refractivity contribution in [1.82, 2.24) is 0 Å². The highest BCUT2D eigenvalue weighted by Crippen LogP contribution is 2.19.